The van der Waals surface area contributed by atoms with E-state index in [0.29, 0.717) is 16.8 Å². The number of nitrogens with zero attached hydrogens (tertiary/aromatic N) is 4. The van der Waals surface area contributed by atoms with Crippen molar-refractivity contribution in [1.29, 1.82) is 10.5 Å². The second-order valence-electron chi connectivity index (χ2n) is 10.4. The summed E-state index contributed by atoms with van der Waals surface area (Å²) in [5, 5.41) is 25.5. The quantitative estimate of drug-likeness (QED) is 0.0826. The number of allylic oxidation sites excluding steroid dienone is 6. The molecule has 0 spiro atoms. The summed E-state index contributed by atoms with van der Waals surface area (Å²) >= 11 is 0. The molecule has 210 valence electrons. The van der Waals surface area contributed by atoms with E-state index in [1.807, 2.05) is 30.5 Å². The molecule has 6 heteroatoms. The van der Waals surface area contributed by atoms with Crippen molar-refractivity contribution in [3.05, 3.63) is 139 Å². The lowest BCUT2D eigenvalue weighted by molar-refractivity contribution is 1.05. The first-order valence-corrected chi connectivity index (χ1v) is 14.2. The zero-order valence-corrected chi connectivity index (χ0v) is 23.9. The molecule has 0 saturated heterocycles. The maximum absolute atomic E-state index is 9.21. The Hall–Kier alpha value is -6.24. The Labute approximate surface area is 255 Å². The Morgan fingerprint density at radius 2 is 1.43 bits per heavy atom. The molecule has 6 rings (SSSR count). The summed E-state index contributed by atoms with van der Waals surface area (Å²) in [6, 6.07) is 29.2. The maximum atomic E-state index is 9.21. The van der Waals surface area contributed by atoms with Gasteiger partial charge >= 0.3 is 0 Å². The predicted molar refractivity (Wildman–Crippen MR) is 179 cm³/mol. The van der Waals surface area contributed by atoms with Gasteiger partial charge in [0.1, 0.15) is 0 Å². The van der Waals surface area contributed by atoms with Gasteiger partial charge in [-0.25, -0.2) is 0 Å². The third kappa shape index (κ3) is 5.48. The van der Waals surface area contributed by atoms with Crippen LogP contribution in [0.3, 0.4) is 0 Å². The van der Waals surface area contributed by atoms with Gasteiger partial charge in [0.05, 0.1) is 29.1 Å². The number of nitriles is 2. The average Bonchev–Trinajstić information content (AvgIpc) is 3.08. The molecule has 4 aromatic carbocycles. The maximum Gasteiger partial charge on any atom is 0.0992 e. The smallest absolute Gasteiger partial charge is 0.0992 e. The highest BCUT2D eigenvalue weighted by molar-refractivity contribution is 6.24. The molecule has 0 saturated carbocycles. The Balaban J connectivity index is 1.30. The minimum atomic E-state index is 0.556. The van der Waals surface area contributed by atoms with Gasteiger partial charge in [0.2, 0.25) is 0 Å². The summed E-state index contributed by atoms with van der Waals surface area (Å²) in [5.41, 5.74) is 18.1. The van der Waals surface area contributed by atoms with Gasteiger partial charge in [-0.3, -0.25) is 9.97 Å². The van der Waals surface area contributed by atoms with E-state index >= 15 is 0 Å². The normalized spacial score (nSPS) is 12.5. The van der Waals surface area contributed by atoms with E-state index in [-0.39, 0.29) is 0 Å². The Kier molecular flexibility index (Phi) is 7.82. The largest absolute Gasteiger partial charge is 0.405 e. The molecular weight excluding hydrogens is 540 g/mol. The lowest BCUT2D eigenvalue weighted by Gasteiger charge is -2.15. The van der Waals surface area contributed by atoms with Crippen LogP contribution in [0.5, 0.6) is 0 Å². The molecule has 2 heterocycles. The molecule has 2 aromatic heterocycles. The van der Waals surface area contributed by atoms with Gasteiger partial charge in [-0.1, -0.05) is 48.6 Å². The van der Waals surface area contributed by atoms with Crippen molar-refractivity contribution in [1.82, 2.24) is 9.97 Å². The number of unbranched alkanes of at least 4 members (excludes halogenated alkanes) is 1. The van der Waals surface area contributed by atoms with E-state index in [2.05, 4.69) is 76.7 Å². The molecule has 44 heavy (non-hydrogen) atoms. The SMILES string of the molecule is N#CC(/C=C\N)=C/CC/C=C\C(=C/N)c1cc2ccc3cc(-c4ccc(-c5cc(C#N)ccn5)nc4)cc4ccc(c1)c2c34. The zero-order chi connectivity index (χ0) is 30.5. The lowest BCUT2D eigenvalue weighted by Crippen LogP contribution is -1.91. The molecule has 4 N–H and O–H groups in total. The number of benzene rings is 4. The van der Waals surface area contributed by atoms with E-state index in [9.17, 15) is 5.26 Å². The minimum Gasteiger partial charge on any atom is -0.405 e. The fourth-order valence-electron chi connectivity index (χ4n) is 5.58. The Morgan fingerprint density at radius 3 is 2.02 bits per heavy atom. The van der Waals surface area contributed by atoms with Crippen LogP contribution in [0.25, 0.3) is 60.4 Å². The van der Waals surface area contributed by atoms with E-state index in [1.54, 1.807) is 30.6 Å². The van der Waals surface area contributed by atoms with E-state index in [4.69, 9.17) is 16.7 Å². The number of pyridine rings is 2. The summed E-state index contributed by atoms with van der Waals surface area (Å²) < 4.78 is 0. The van der Waals surface area contributed by atoms with Crippen LogP contribution >= 0.6 is 0 Å². The van der Waals surface area contributed by atoms with Crippen molar-refractivity contribution in [2.45, 2.75) is 12.8 Å². The standard InChI is InChI=1S/C38H28N6/c39-14-12-25(21-40)4-2-1-3-5-31(23-42)33-17-27-6-8-29-19-34(20-30-9-7-28(18-33)37(27)38(29)30)32-10-11-35(44-24-32)36-16-26(22-41)13-15-43-36/h3-20,23-24H,1-2,39,42H2/b5-3-,14-12-,25-4+,31-23+. The van der Waals surface area contributed by atoms with Crippen molar-refractivity contribution in [2.75, 3.05) is 0 Å². The van der Waals surface area contributed by atoms with Crippen LogP contribution in [0.2, 0.25) is 0 Å². The molecule has 0 bridgehead atoms. The fraction of sp³-hybridized carbons (Fsp3) is 0.0526. The molecule has 0 atom stereocenters. The highest BCUT2D eigenvalue weighted by atomic mass is 14.8. The van der Waals surface area contributed by atoms with Crippen molar-refractivity contribution >= 4 is 37.9 Å². The fourth-order valence-corrected chi connectivity index (χ4v) is 5.58. The first-order chi connectivity index (χ1) is 21.6. The summed E-state index contributed by atoms with van der Waals surface area (Å²) in [5.74, 6) is 0. The van der Waals surface area contributed by atoms with Crippen LogP contribution in [-0.4, -0.2) is 9.97 Å². The molecule has 6 nitrogen and oxygen atoms in total. The van der Waals surface area contributed by atoms with Crippen LogP contribution in [0, 0.1) is 22.7 Å². The molecule has 0 aliphatic heterocycles. The minimum absolute atomic E-state index is 0.556. The van der Waals surface area contributed by atoms with Gasteiger partial charge < -0.3 is 11.5 Å². The number of nitrogens with two attached hydrogens (primary N) is 2. The predicted octanol–water partition coefficient (Wildman–Crippen LogP) is 8.14. The number of hydrogen-bond acceptors (Lipinski definition) is 6. The summed E-state index contributed by atoms with van der Waals surface area (Å²) in [6.45, 7) is 0. The van der Waals surface area contributed by atoms with Crippen LogP contribution < -0.4 is 11.5 Å². The molecule has 0 unspecified atom stereocenters. The molecule has 0 aliphatic carbocycles. The van der Waals surface area contributed by atoms with Crippen LogP contribution in [0.1, 0.15) is 24.0 Å². The van der Waals surface area contributed by atoms with Gasteiger partial charge in [-0.05, 0) is 117 Å². The van der Waals surface area contributed by atoms with Crippen LogP contribution in [0.4, 0.5) is 0 Å². The first-order valence-electron chi connectivity index (χ1n) is 14.2. The second kappa shape index (κ2) is 12.3. The van der Waals surface area contributed by atoms with Crippen LogP contribution in [-0.2, 0) is 0 Å². The third-order valence-electron chi connectivity index (χ3n) is 7.69. The first kappa shape index (κ1) is 27.9. The zero-order valence-electron chi connectivity index (χ0n) is 23.9. The third-order valence-corrected chi connectivity index (χ3v) is 7.69. The summed E-state index contributed by atoms with van der Waals surface area (Å²) in [6.07, 6.45) is 15.6. The van der Waals surface area contributed by atoms with E-state index in [1.165, 1.54) is 27.7 Å². The highest BCUT2D eigenvalue weighted by Gasteiger charge is 2.13. The van der Waals surface area contributed by atoms with Crippen molar-refractivity contribution in [2.24, 2.45) is 11.5 Å². The summed E-state index contributed by atoms with van der Waals surface area (Å²) in [7, 11) is 0. The summed E-state index contributed by atoms with van der Waals surface area (Å²) in [4.78, 5) is 9.02. The molecular formula is C38H28N6. The monoisotopic (exact) mass is 568 g/mol. The van der Waals surface area contributed by atoms with Crippen molar-refractivity contribution < 1.29 is 0 Å². The lowest BCUT2D eigenvalue weighted by atomic mass is 9.89. The van der Waals surface area contributed by atoms with Gasteiger partial charge in [0, 0.05) is 29.7 Å². The number of hydrogen-bond donors (Lipinski definition) is 2. The molecule has 0 fully saturated rings. The molecule has 0 amide bonds. The molecule has 0 radical (unpaired) electrons. The van der Waals surface area contributed by atoms with Crippen molar-refractivity contribution in [3.63, 3.8) is 0 Å². The second-order valence-corrected chi connectivity index (χ2v) is 10.4. The number of rotatable bonds is 8. The number of aromatic nitrogens is 2. The van der Waals surface area contributed by atoms with Crippen LogP contribution in [0.15, 0.2) is 127 Å². The van der Waals surface area contributed by atoms with Crippen molar-refractivity contribution in [3.8, 4) is 34.7 Å². The van der Waals surface area contributed by atoms with E-state index < -0.39 is 0 Å². The topological polar surface area (TPSA) is 125 Å². The van der Waals surface area contributed by atoms with Gasteiger partial charge in [0.25, 0.3) is 0 Å². The Morgan fingerprint density at radius 1 is 0.727 bits per heavy atom. The van der Waals surface area contributed by atoms with E-state index in [0.717, 1.165) is 51.6 Å². The van der Waals surface area contributed by atoms with Gasteiger partial charge in [-0.15, -0.1) is 0 Å². The average molecular weight is 569 g/mol. The highest BCUT2D eigenvalue weighted by Crippen LogP contribution is 2.39. The van der Waals surface area contributed by atoms with Gasteiger partial charge in [0.15, 0.2) is 0 Å². The Bertz CT molecular complexity index is 2140. The molecule has 0 aliphatic rings. The van der Waals surface area contributed by atoms with Gasteiger partial charge in [-0.2, -0.15) is 10.5 Å². The molecule has 6 aromatic rings.